The van der Waals surface area contributed by atoms with Gasteiger partial charge < -0.3 is 14.4 Å². The van der Waals surface area contributed by atoms with Gasteiger partial charge in [-0.1, -0.05) is 30.3 Å². The molecule has 1 aliphatic rings. The number of amides is 1. The van der Waals surface area contributed by atoms with Crippen LogP contribution in [0.1, 0.15) is 23.7 Å². The molecule has 0 N–H and O–H groups in total. The summed E-state index contributed by atoms with van der Waals surface area (Å²) in [7, 11) is 0. The van der Waals surface area contributed by atoms with Crippen molar-refractivity contribution in [2.75, 3.05) is 11.4 Å². The Morgan fingerprint density at radius 3 is 2.31 bits per heavy atom. The van der Waals surface area contributed by atoms with Crippen LogP contribution in [0.3, 0.4) is 0 Å². The van der Waals surface area contributed by atoms with E-state index in [-0.39, 0.29) is 11.7 Å². The molecule has 0 aliphatic carbocycles. The predicted octanol–water partition coefficient (Wildman–Crippen LogP) is 4.87. The maximum Gasteiger partial charge on any atom is 0.268 e. The lowest BCUT2D eigenvalue weighted by molar-refractivity contribution is -0.122. The highest BCUT2D eigenvalue weighted by atomic mass is 16.5. The molecule has 4 rings (SSSR count). The first-order valence-corrected chi connectivity index (χ1v) is 9.52. The summed E-state index contributed by atoms with van der Waals surface area (Å²) >= 11 is 0. The minimum atomic E-state index is -0.545. The van der Waals surface area contributed by atoms with Crippen LogP contribution in [0.4, 0.5) is 5.69 Å². The number of ketones is 1. The molecule has 0 bridgehead atoms. The summed E-state index contributed by atoms with van der Waals surface area (Å²) < 4.78 is 11.7. The van der Waals surface area contributed by atoms with Crippen molar-refractivity contribution in [3.63, 3.8) is 0 Å². The van der Waals surface area contributed by atoms with Crippen molar-refractivity contribution in [1.29, 1.82) is 0 Å². The summed E-state index contributed by atoms with van der Waals surface area (Å²) in [5, 5.41) is 0. The molecule has 1 fully saturated rings. The topological polar surface area (TPSA) is 55.8 Å². The summed E-state index contributed by atoms with van der Waals surface area (Å²) in [6, 6.07) is 23.9. The molecule has 0 saturated carbocycles. The second-order valence-electron chi connectivity index (χ2n) is 6.88. The molecule has 29 heavy (non-hydrogen) atoms. The van der Waals surface area contributed by atoms with Crippen molar-refractivity contribution in [2.45, 2.75) is 19.4 Å². The third-order valence-corrected chi connectivity index (χ3v) is 4.80. The van der Waals surface area contributed by atoms with E-state index in [1.165, 1.54) is 6.92 Å². The van der Waals surface area contributed by atoms with Gasteiger partial charge in [-0.2, -0.15) is 0 Å². The molecule has 0 radical (unpaired) electrons. The number of nitrogens with zero attached hydrogens (tertiary/aromatic N) is 1. The van der Waals surface area contributed by atoms with Crippen LogP contribution in [-0.2, 0) is 4.79 Å². The lowest BCUT2D eigenvalue weighted by Gasteiger charge is -2.18. The highest BCUT2D eigenvalue weighted by molar-refractivity contribution is 6.01. The molecule has 0 spiro atoms. The molecule has 1 aliphatic heterocycles. The van der Waals surface area contributed by atoms with E-state index >= 15 is 0 Å². The molecule has 1 saturated heterocycles. The molecular weight excluding hydrogens is 366 g/mol. The monoisotopic (exact) mass is 387 g/mol. The van der Waals surface area contributed by atoms with Gasteiger partial charge in [0.15, 0.2) is 11.9 Å². The SMILES string of the molecule is CC(=O)c1cccc(N2CC[C@@H](Oc3ccc(Oc4ccccc4)cc3)C2=O)c1. The van der Waals surface area contributed by atoms with Crippen molar-refractivity contribution in [1.82, 2.24) is 0 Å². The average Bonchev–Trinajstić information content (AvgIpc) is 3.10. The first kappa shape index (κ1) is 18.7. The van der Waals surface area contributed by atoms with Crippen LogP contribution in [0.2, 0.25) is 0 Å². The normalized spacial score (nSPS) is 16.0. The molecule has 1 atom stereocenters. The van der Waals surface area contributed by atoms with Crippen molar-refractivity contribution in [2.24, 2.45) is 0 Å². The summed E-state index contributed by atoms with van der Waals surface area (Å²) in [5.41, 5.74) is 1.31. The van der Waals surface area contributed by atoms with E-state index in [0.29, 0.717) is 30.0 Å². The number of carbonyl (C=O) groups excluding carboxylic acids is 2. The Labute approximate surface area is 169 Å². The zero-order valence-electron chi connectivity index (χ0n) is 16.1. The molecular formula is C24H21NO4. The molecule has 3 aromatic carbocycles. The molecule has 5 heteroatoms. The van der Waals surface area contributed by atoms with E-state index in [1.54, 1.807) is 35.2 Å². The van der Waals surface area contributed by atoms with Crippen LogP contribution in [0.15, 0.2) is 78.9 Å². The first-order valence-electron chi connectivity index (χ1n) is 9.52. The largest absolute Gasteiger partial charge is 0.481 e. The number of hydrogen-bond donors (Lipinski definition) is 0. The van der Waals surface area contributed by atoms with Crippen molar-refractivity contribution in [3.8, 4) is 17.2 Å². The minimum absolute atomic E-state index is 0.0240. The fraction of sp³-hybridized carbons (Fsp3) is 0.167. The fourth-order valence-corrected chi connectivity index (χ4v) is 3.29. The smallest absolute Gasteiger partial charge is 0.268 e. The number of rotatable bonds is 6. The van der Waals surface area contributed by atoms with Gasteiger partial charge in [0.2, 0.25) is 0 Å². The third kappa shape index (κ3) is 4.29. The minimum Gasteiger partial charge on any atom is -0.481 e. The van der Waals surface area contributed by atoms with Gasteiger partial charge in [-0.3, -0.25) is 9.59 Å². The fourth-order valence-electron chi connectivity index (χ4n) is 3.29. The van der Waals surface area contributed by atoms with Gasteiger partial charge in [0.1, 0.15) is 17.2 Å². The second-order valence-corrected chi connectivity index (χ2v) is 6.88. The highest BCUT2D eigenvalue weighted by Gasteiger charge is 2.34. The Bertz CT molecular complexity index is 1010. The number of ether oxygens (including phenoxy) is 2. The van der Waals surface area contributed by atoms with Gasteiger partial charge in [0.05, 0.1) is 0 Å². The quantitative estimate of drug-likeness (QED) is 0.567. The average molecular weight is 387 g/mol. The predicted molar refractivity (Wildman–Crippen MR) is 111 cm³/mol. The number of benzene rings is 3. The van der Waals surface area contributed by atoms with Crippen LogP contribution in [0.25, 0.3) is 0 Å². The van der Waals surface area contributed by atoms with E-state index in [9.17, 15) is 9.59 Å². The summed E-state index contributed by atoms with van der Waals surface area (Å²) in [5.74, 6) is 1.95. The van der Waals surface area contributed by atoms with Gasteiger partial charge in [-0.25, -0.2) is 0 Å². The molecule has 0 aromatic heterocycles. The zero-order valence-corrected chi connectivity index (χ0v) is 16.1. The van der Waals surface area contributed by atoms with E-state index in [1.807, 2.05) is 48.5 Å². The summed E-state index contributed by atoms with van der Waals surface area (Å²) in [6.07, 6.45) is 0.0441. The van der Waals surface area contributed by atoms with Gasteiger partial charge in [0, 0.05) is 24.2 Å². The van der Waals surface area contributed by atoms with Crippen LogP contribution >= 0.6 is 0 Å². The number of anilines is 1. The van der Waals surface area contributed by atoms with Crippen molar-refractivity contribution < 1.29 is 19.1 Å². The van der Waals surface area contributed by atoms with Crippen molar-refractivity contribution >= 4 is 17.4 Å². The Morgan fingerprint density at radius 1 is 0.897 bits per heavy atom. The second kappa shape index (κ2) is 8.19. The maximum atomic E-state index is 12.8. The lowest BCUT2D eigenvalue weighted by atomic mass is 10.1. The van der Waals surface area contributed by atoms with Crippen LogP contribution in [-0.4, -0.2) is 24.3 Å². The summed E-state index contributed by atoms with van der Waals surface area (Å²) in [4.78, 5) is 26.1. The molecule has 5 nitrogen and oxygen atoms in total. The zero-order chi connectivity index (χ0) is 20.2. The standard InChI is InChI=1S/C24H21NO4/c1-17(26)18-6-5-7-19(16-18)25-15-14-23(24(25)27)29-22-12-10-21(11-13-22)28-20-8-3-2-4-9-20/h2-13,16,23H,14-15H2,1H3/t23-/m1/s1. The van der Waals surface area contributed by atoms with Gasteiger partial charge in [-0.15, -0.1) is 0 Å². The molecule has 3 aromatic rings. The van der Waals surface area contributed by atoms with Crippen LogP contribution in [0, 0.1) is 0 Å². The number of hydrogen-bond acceptors (Lipinski definition) is 4. The molecule has 1 amide bonds. The van der Waals surface area contributed by atoms with E-state index in [0.717, 1.165) is 11.4 Å². The Morgan fingerprint density at radius 2 is 1.59 bits per heavy atom. The Hall–Kier alpha value is -3.60. The van der Waals surface area contributed by atoms with Gasteiger partial charge in [-0.05, 0) is 55.5 Å². The number of para-hydroxylation sites is 1. The van der Waals surface area contributed by atoms with Gasteiger partial charge >= 0.3 is 0 Å². The lowest BCUT2D eigenvalue weighted by Crippen LogP contribution is -2.32. The summed E-state index contributed by atoms with van der Waals surface area (Å²) in [6.45, 7) is 2.07. The Balaban J connectivity index is 1.41. The Kier molecular flexibility index (Phi) is 5.29. The molecule has 1 heterocycles. The maximum absolute atomic E-state index is 12.8. The van der Waals surface area contributed by atoms with E-state index < -0.39 is 6.10 Å². The van der Waals surface area contributed by atoms with Gasteiger partial charge in [0.25, 0.3) is 5.91 Å². The van der Waals surface area contributed by atoms with E-state index in [2.05, 4.69) is 0 Å². The van der Waals surface area contributed by atoms with Crippen molar-refractivity contribution in [3.05, 3.63) is 84.4 Å². The number of carbonyl (C=O) groups is 2. The third-order valence-electron chi connectivity index (χ3n) is 4.80. The number of Topliss-reactive ketones (excluding diaryl/α,β-unsaturated/α-hetero) is 1. The first-order chi connectivity index (χ1) is 14.1. The molecule has 0 unspecified atom stereocenters. The van der Waals surface area contributed by atoms with Crippen LogP contribution < -0.4 is 14.4 Å². The highest BCUT2D eigenvalue weighted by Crippen LogP contribution is 2.28. The van der Waals surface area contributed by atoms with E-state index in [4.69, 9.17) is 9.47 Å². The van der Waals surface area contributed by atoms with Crippen LogP contribution in [0.5, 0.6) is 17.2 Å². The molecule has 146 valence electrons.